The van der Waals surface area contributed by atoms with Crippen LogP contribution in [0.5, 0.6) is 0 Å². The Morgan fingerprint density at radius 2 is 2.00 bits per heavy atom. The van der Waals surface area contributed by atoms with Gasteiger partial charge in [0.15, 0.2) is 0 Å². The molecule has 0 atom stereocenters. The largest absolute Gasteiger partial charge is 0.299 e. The molecular weight excluding hydrogens is 172 g/mol. The molecule has 0 spiro atoms. The van der Waals surface area contributed by atoms with E-state index in [0.29, 0.717) is 12.1 Å². The predicted molar refractivity (Wildman–Crippen MR) is 46.3 cm³/mol. The zero-order valence-corrected chi connectivity index (χ0v) is 7.26. The molecule has 70 valence electrons. The number of likely N-dealkylation sites (tertiary alicyclic amines) is 1. The zero-order chi connectivity index (χ0) is 9.26. The summed E-state index contributed by atoms with van der Waals surface area (Å²) in [6.07, 6.45) is 1.18. The molecule has 0 N–H and O–H groups in total. The third-order valence-electron chi connectivity index (χ3n) is 2.36. The molecule has 0 saturated carbocycles. The van der Waals surface area contributed by atoms with Crippen molar-refractivity contribution in [2.45, 2.75) is 13.0 Å². The van der Waals surface area contributed by atoms with E-state index in [4.69, 9.17) is 0 Å². The summed E-state index contributed by atoms with van der Waals surface area (Å²) in [6.45, 7) is 2.65. The number of benzene rings is 1. The first-order valence-electron chi connectivity index (χ1n) is 4.42. The number of rotatable bonds is 2. The maximum Gasteiger partial charge on any atom is 0.130 e. The van der Waals surface area contributed by atoms with Crippen LogP contribution >= 0.6 is 0 Å². The van der Waals surface area contributed by atoms with Crippen LogP contribution in [0, 0.1) is 11.6 Å². The zero-order valence-electron chi connectivity index (χ0n) is 7.26. The van der Waals surface area contributed by atoms with Gasteiger partial charge >= 0.3 is 0 Å². The SMILES string of the molecule is Fc1ccc(CN2CCC2)c(F)c1. The summed E-state index contributed by atoms with van der Waals surface area (Å²) in [7, 11) is 0. The highest BCUT2D eigenvalue weighted by Crippen LogP contribution is 2.15. The molecule has 1 fully saturated rings. The van der Waals surface area contributed by atoms with Crippen molar-refractivity contribution < 1.29 is 8.78 Å². The summed E-state index contributed by atoms with van der Waals surface area (Å²) in [6, 6.07) is 3.76. The highest BCUT2D eigenvalue weighted by atomic mass is 19.1. The molecule has 1 saturated heterocycles. The van der Waals surface area contributed by atoms with Crippen molar-refractivity contribution in [3.8, 4) is 0 Å². The quantitative estimate of drug-likeness (QED) is 0.679. The number of hydrogen-bond donors (Lipinski definition) is 0. The fourth-order valence-corrected chi connectivity index (χ4v) is 1.43. The average Bonchev–Trinajstić information content (AvgIpc) is 1.99. The van der Waals surface area contributed by atoms with Crippen LogP contribution in [0.3, 0.4) is 0 Å². The van der Waals surface area contributed by atoms with E-state index < -0.39 is 11.6 Å². The van der Waals surface area contributed by atoms with E-state index in [0.717, 1.165) is 19.2 Å². The van der Waals surface area contributed by atoms with Crippen molar-refractivity contribution >= 4 is 0 Å². The summed E-state index contributed by atoms with van der Waals surface area (Å²) in [5.41, 5.74) is 0.584. The fraction of sp³-hybridized carbons (Fsp3) is 0.400. The highest BCUT2D eigenvalue weighted by Gasteiger charge is 2.15. The molecule has 0 aliphatic carbocycles. The van der Waals surface area contributed by atoms with Crippen molar-refractivity contribution in [3.63, 3.8) is 0 Å². The van der Waals surface area contributed by atoms with Crippen molar-refractivity contribution in [1.82, 2.24) is 4.90 Å². The van der Waals surface area contributed by atoms with Crippen LogP contribution in [-0.2, 0) is 6.54 Å². The molecule has 0 radical (unpaired) electrons. The summed E-state index contributed by atoms with van der Waals surface area (Å²) >= 11 is 0. The molecule has 0 aromatic heterocycles. The lowest BCUT2D eigenvalue weighted by atomic mass is 10.1. The van der Waals surface area contributed by atoms with E-state index in [1.165, 1.54) is 18.6 Å². The molecule has 1 aliphatic heterocycles. The number of hydrogen-bond acceptors (Lipinski definition) is 1. The Bertz CT molecular complexity index is 308. The highest BCUT2D eigenvalue weighted by molar-refractivity contribution is 5.18. The van der Waals surface area contributed by atoms with Gasteiger partial charge in [-0.3, -0.25) is 4.90 Å². The van der Waals surface area contributed by atoms with Crippen LogP contribution in [0.15, 0.2) is 18.2 Å². The summed E-state index contributed by atoms with van der Waals surface area (Å²) in [4.78, 5) is 2.14. The molecule has 1 aromatic rings. The average molecular weight is 183 g/mol. The molecule has 1 heterocycles. The van der Waals surface area contributed by atoms with Crippen molar-refractivity contribution in [1.29, 1.82) is 0 Å². The van der Waals surface area contributed by atoms with Crippen LogP contribution in [0.2, 0.25) is 0 Å². The lowest BCUT2D eigenvalue weighted by Crippen LogP contribution is -2.36. The van der Waals surface area contributed by atoms with E-state index in [-0.39, 0.29) is 0 Å². The van der Waals surface area contributed by atoms with E-state index in [1.54, 1.807) is 0 Å². The molecule has 2 rings (SSSR count). The maximum absolute atomic E-state index is 13.1. The lowest BCUT2D eigenvalue weighted by Gasteiger charge is -2.30. The van der Waals surface area contributed by atoms with E-state index in [9.17, 15) is 8.78 Å². The monoisotopic (exact) mass is 183 g/mol. The Kier molecular flexibility index (Phi) is 2.27. The normalized spacial score (nSPS) is 17.1. The van der Waals surface area contributed by atoms with Crippen molar-refractivity contribution in [2.75, 3.05) is 13.1 Å². The Labute approximate surface area is 76.0 Å². The van der Waals surface area contributed by atoms with Gasteiger partial charge in [0.05, 0.1) is 0 Å². The third kappa shape index (κ3) is 1.86. The van der Waals surface area contributed by atoms with Crippen LogP contribution in [0.25, 0.3) is 0 Å². The Morgan fingerprint density at radius 3 is 2.54 bits per heavy atom. The molecule has 1 aliphatic rings. The van der Waals surface area contributed by atoms with Gasteiger partial charge in [-0.2, -0.15) is 0 Å². The molecule has 0 bridgehead atoms. The van der Waals surface area contributed by atoms with Crippen LogP contribution in [-0.4, -0.2) is 18.0 Å². The van der Waals surface area contributed by atoms with Gasteiger partial charge in [0, 0.05) is 18.2 Å². The second kappa shape index (κ2) is 3.42. The topological polar surface area (TPSA) is 3.24 Å². The Balaban J connectivity index is 2.10. The smallest absolute Gasteiger partial charge is 0.130 e. The maximum atomic E-state index is 13.1. The number of halogens is 2. The summed E-state index contributed by atoms with van der Waals surface area (Å²) in [5.74, 6) is -0.947. The minimum atomic E-state index is -0.509. The molecule has 1 nitrogen and oxygen atoms in total. The van der Waals surface area contributed by atoms with E-state index in [1.807, 2.05) is 0 Å². The standard InChI is InChI=1S/C10H11F2N/c11-9-3-2-8(10(12)6-9)7-13-4-1-5-13/h2-3,6H,1,4-5,7H2. The van der Waals surface area contributed by atoms with Gasteiger partial charge in [-0.1, -0.05) is 6.07 Å². The lowest BCUT2D eigenvalue weighted by molar-refractivity contribution is 0.170. The molecule has 13 heavy (non-hydrogen) atoms. The van der Waals surface area contributed by atoms with Crippen LogP contribution in [0.4, 0.5) is 8.78 Å². The molecule has 0 unspecified atom stereocenters. The molecular formula is C10H11F2N. The predicted octanol–water partition coefficient (Wildman–Crippen LogP) is 2.17. The number of nitrogens with zero attached hydrogens (tertiary/aromatic N) is 1. The second-order valence-corrected chi connectivity index (χ2v) is 3.37. The van der Waals surface area contributed by atoms with Crippen molar-refractivity contribution in [3.05, 3.63) is 35.4 Å². The molecule has 0 amide bonds. The third-order valence-corrected chi connectivity index (χ3v) is 2.36. The van der Waals surface area contributed by atoms with Gasteiger partial charge in [0.1, 0.15) is 11.6 Å². The van der Waals surface area contributed by atoms with Crippen LogP contribution in [0.1, 0.15) is 12.0 Å². The molecule has 1 aromatic carbocycles. The van der Waals surface area contributed by atoms with Gasteiger partial charge in [0.25, 0.3) is 0 Å². The van der Waals surface area contributed by atoms with Gasteiger partial charge in [-0.25, -0.2) is 8.78 Å². The Morgan fingerprint density at radius 1 is 1.23 bits per heavy atom. The van der Waals surface area contributed by atoms with Crippen LogP contribution < -0.4 is 0 Å². The fourth-order valence-electron chi connectivity index (χ4n) is 1.43. The van der Waals surface area contributed by atoms with Gasteiger partial charge in [0.2, 0.25) is 0 Å². The molecule has 3 heteroatoms. The first kappa shape index (κ1) is 8.63. The van der Waals surface area contributed by atoms with E-state index >= 15 is 0 Å². The summed E-state index contributed by atoms with van der Waals surface area (Å²) in [5, 5.41) is 0. The summed E-state index contributed by atoms with van der Waals surface area (Å²) < 4.78 is 25.6. The Hall–Kier alpha value is -0.960. The van der Waals surface area contributed by atoms with E-state index in [2.05, 4.69) is 4.90 Å². The second-order valence-electron chi connectivity index (χ2n) is 3.37. The first-order chi connectivity index (χ1) is 6.25. The minimum absolute atomic E-state index is 0.438. The van der Waals surface area contributed by atoms with Gasteiger partial charge < -0.3 is 0 Å². The van der Waals surface area contributed by atoms with Gasteiger partial charge in [-0.15, -0.1) is 0 Å². The first-order valence-corrected chi connectivity index (χ1v) is 4.42. The van der Waals surface area contributed by atoms with Crippen molar-refractivity contribution in [2.24, 2.45) is 0 Å². The minimum Gasteiger partial charge on any atom is -0.299 e. The van der Waals surface area contributed by atoms with Gasteiger partial charge in [-0.05, 0) is 25.6 Å².